The lowest BCUT2D eigenvalue weighted by Crippen LogP contribution is -2.40. The molecule has 1 aromatic heterocycles. The molecule has 8 heteroatoms. The number of amides is 1. The van der Waals surface area contributed by atoms with Gasteiger partial charge in [0.1, 0.15) is 17.3 Å². The summed E-state index contributed by atoms with van der Waals surface area (Å²) in [6.07, 6.45) is 6.97. The summed E-state index contributed by atoms with van der Waals surface area (Å²) in [6.45, 7) is 9.38. The first kappa shape index (κ1) is 24.4. The second kappa shape index (κ2) is 9.49. The van der Waals surface area contributed by atoms with Crippen LogP contribution in [-0.2, 0) is 22.6 Å². The van der Waals surface area contributed by atoms with Gasteiger partial charge in [-0.05, 0) is 46.0 Å². The van der Waals surface area contributed by atoms with Crippen molar-refractivity contribution in [2.45, 2.75) is 90.8 Å². The fourth-order valence-electron chi connectivity index (χ4n) is 5.03. The first-order valence-electron chi connectivity index (χ1n) is 12.5. The molecule has 0 saturated carbocycles. The number of nitrogen functional groups attached to an aromatic ring is 1. The highest BCUT2D eigenvalue weighted by Gasteiger charge is 2.31. The molecule has 8 nitrogen and oxygen atoms in total. The standard InChI is InChI=1S/C26H38N6O2/c1-5-15-10-16-6-7-21(33)19(16)11-17(15)12-22-30-24(20(27)13-18-14-29-18)25(28)32(22)9-8-23(34)31-26(2,3)4/h11,15,18,27,29H,5-10,12-14,28H2,1-4H3,(H,31,34). The molecular weight excluding hydrogens is 428 g/mol. The number of nitrogens with zero attached hydrogens (tertiary/aromatic N) is 2. The molecule has 1 fully saturated rings. The van der Waals surface area contributed by atoms with Gasteiger partial charge in [0, 0.05) is 55.9 Å². The molecule has 3 aliphatic rings. The Morgan fingerprint density at radius 1 is 1.35 bits per heavy atom. The molecule has 2 heterocycles. The van der Waals surface area contributed by atoms with Crippen LogP contribution in [0.2, 0.25) is 0 Å². The number of rotatable bonds is 9. The minimum atomic E-state index is -0.300. The number of anilines is 1. The molecule has 1 amide bonds. The van der Waals surface area contributed by atoms with E-state index in [2.05, 4.69) is 23.6 Å². The quantitative estimate of drug-likeness (QED) is 0.328. The third-order valence-electron chi connectivity index (χ3n) is 6.93. The van der Waals surface area contributed by atoms with Crippen LogP contribution in [-0.4, -0.2) is 45.1 Å². The third-order valence-corrected chi connectivity index (χ3v) is 6.93. The highest BCUT2D eigenvalue weighted by atomic mass is 16.1. The van der Waals surface area contributed by atoms with Crippen LogP contribution in [0.25, 0.3) is 0 Å². The number of imidazole rings is 1. The zero-order chi connectivity index (χ0) is 24.6. The largest absolute Gasteiger partial charge is 0.383 e. The Morgan fingerprint density at radius 2 is 2.09 bits per heavy atom. The maximum atomic E-state index is 12.5. The Balaban J connectivity index is 1.61. The van der Waals surface area contributed by atoms with Crippen molar-refractivity contribution in [1.82, 2.24) is 20.2 Å². The molecule has 0 spiro atoms. The van der Waals surface area contributed by atoms with E-state index < -0.39 is 0 Å². The smallest absolute Gasteiger partial charge is 0.222 e. The van der Waals surface area contributed by atoms with E-state index in [1.54, 1.807) is 0 Å². The van der Waals surface area contributed by atoms with Gasteiger partial charge in [0.2, 0.25) is 5.91 Å². The van der Waals surface area contributed by atoms with Crippen molar-refractivity contribution in [3.63, 3.8) is 0 Å². The van der Waals surface area contributed by atoms with Crippen LogP contribution in [0.3, 0.4) is 0 Å². The Kier molecular flexibility index (Phi) is 6.80. The minimum absolute atomic E-state index is 0.0416. The van der Waals surface area contributed by atoms with Crippen LogP contribution in [0.1, 0.15) is 77.7 Å². The van der Waals surface area contributed by atoms with E-state index in [0.717, 1.165) is 37.2 Å². The number of Topliss-reactive ketones (excluding diaryl/α,β-unsaturated/α-hetero) is 1. The lowest BCUT2D eigenvalue weighted by Gasteiger charge is -2.25. The van der Waals surface area contributed by atoms with Crippen molar-refractivity contribution in [3.05, 3.63) is 34.3 Å². The van der Waals surface area contributed by atoms with Gasteiger partial charge in [-0.2, -0.15) is 0 Å². The number of nitrogens with two attached hydrogens (primary N) is 1. The monoisotopic (exact) mass is 466 g/mol. The van der Waals surface area contributed by atoms with E-state index in [9.17, 15) is 9.59 Å². The molecule has 1 aromatic rings. The van der Waals surface area contributed by atoms with Gasteiger partial charge in [0.15, 0.2) is 5.78 Å². The van der Waals surface area contributed by atoms with Crippen molar-refractivity contribution in [3.8, 4) is 0 Å². The normalized spacial score (nSPS) is 22.0. The fraction of sp³-hybridized carbons (Fsp3) is 0.615. The van der Waals surface area contributed by atoms with Crippen LogP contribution in [0.15, 0.2) is 22.8 Å². The van der Waals surface area contributed by atoms with Crippen LogP contribution in [0.4, 0.5) is 5.82 Å². The van der Waals surface area contributed by atoms with Crippen molar-refractivity contribution >= 4 is 23.2 Å². The van der Waals surface area contributed by atoms with Crippen molar-refractivity contribution in [2.24, 2.45) is 5.92 Å². The molecule has 5 N–H and O–H groups in total. The molecule has 0 aromatic carbocycles. The average Bonchev–Trinajstić information content (AvgIpc) is 3.42. The second-order valence-corrected chi connectivity index (χ2v) is 10.9. The Labute approximate surface area is 202 Å². The van der Waals surface area contributed by atoms with E-state index in [4.69, 9.17) is 16.1 Å². The predicted molar refractivity (Wildman–Crippen MR) is 134 cm³/mol. The lowest BCUT2D eigenvalue weighted by molar-refractivity contribution is -0.122. The van der Waals surface area contributed by atoms with Gasteiger partial charge in [-0.3, -0.25) is 9.59 Å². The molecule has 2 aliphatic carbocycles. The molecule has 1 aliphatic heterocycles. The van der Waals surface area contributed by atoms with Gasteiger partial charge in [-0.25, -0.2) is 4.98 Å². The van der Waals surface area contributed by atoms with E-state index in [1.807, 2.05) is 25.3 Å². The number of allylic oxidation sites excluding steroid dienone is 4. The van der Waals surface area contributed by atoms with Crippen LogP contribution in [0.5, 0.6) is 0 Å². The number of carbonyl (C=O) groups excluding carboxylic acids is 2. The van der Waals surface area contributed by atoms with Crippen LogP contribution >= 0.6 is 0 Å². The summed E-state index contributed by atoms with van der Waals surface area (Å²) in [6, 6.07) is 0.322. The van der Waals surface area contributed by atoms with Gasteiger partial charge in [0.05, 0.1) is 5.71 Å². The highest BCUT2D eigenvalue weighted by Crippen LogP contribution is 2.39. The van der Waals surface area contributed by atoms with Gasteiger partial charge in [-0.15, -0.1) is 0 Å². The number of hydrogen-bond donors (Lipinski definition) is 4. The van der Waals surface area contributed by atoms with Crippen molar-refractivity contribution in [1.29, 1.82) is 5.41 Å². The van der Waals surface area contributed by atoms with Gasteiger partial charge < -0.3 is 26.3 Å². The third kappa shape index (κ3) is 5.49. The topological polar surface area (TPSA) is 136 Å². The summed E-state index contributed by atoms with van der Waals surface area (Å²) in [5.74, 6) is 1.79. The SMILES string of the molecule is CCC1CC2=C(C=C1Cc1nc(C(=N)CC3CN3)c(N)n1CCC(=O)NC(C)(C)C)C(=O)CC2. The zero-order valence-electron chi connectivity index (χ0n) is 20.9. The minimum Gasteiger partial charge on any atom is -0.383 e. The molecule has 34 heavy (non-hydrogen) atoms. The first-order chi connectivity index (χ1) is 16.1. The Bertz CT molecular complexity index is 1070. The number of hydrogen-bond acceptors (Lipinski definition) is 6. The van der Waals surface area contributed by atoms with Crippen molar-refractivity contribution in [2.75, 3.05) is 12.3 Å². The summed E-state index contributed by atoms with van der Waals surface area (Å²) in [5, 5.41) is 14.8. The molecule has 2 atom stereocenters. The molecular formula is C26H38N6O2. The predicted octanol–water partition coefficient (Wildman–Crippen LogP) is 3.06. The summed E-state index contributed by atoms with van der Waals surface area (Å²) >= 11 is 0. The average molecular weight is 467 g/mol. The van der Waals surface area contributed by atoms with E-state index in [1.165, 1.54) is 11.1 Å². The number of nitrogens with one attached hydrogen (secondary N) is 3. The highest BCUT2D eigenvalue weighted by molar-refractivity contribution is 6.02. The molecule has 0 bridgehead atoms. The maximum absolute atomic E-state index is 12.5. The first-order valence-corrected chi connectivity index (χ1v) is 12.5. The molecule has 1 saturated heterocycles. The molecule has 4 rings (SSSR count). The number of carbonyl (C=O) groups is 2. The number of ketones is 1. The van der Waals surface area contributed by atoms with Gasteiger partial charge in [-0.1, -0.05) is 24.1 Å². The maximum Gasteiger partial charge on any atom is 0.222 e. The summed E-state index contributed by atoms with van der Waals surface area (Å²) in [5.41, 5.74) is 10.5. The summed E-state index contributed by atoms with van der Waals surface area (Å²) in [4.78, 5) is 29.7. The van der Waals surface area contributed by atoms with E-state index in [0.29, 0.717) is 55.0 Å². The fourth-order valence-corrected chi connectivity index (χ4v) is 5.03. The van der Waals surface area contributed by atoms with Gasteiger partial charge in [0.25, 0.3) is 0 Å². The number of aromatic nitrogens is 2. The molecule has 2 unspecified atom stereocenters. The molecule has 184 valence electrons. The van der Waals surface area contributed by atoms with Crippen LogP contribution < -0.4 is 16.4 Å². The van der Waals surface area contributed by atoms with E-state index in [-0.39, 0.29) is 23.7 Å². The second-order valence-electron chi connectivity index (χ2n) is 10.9. The van der Waals surface area contributed by atoms with Crippen molar-refractivity contribution < 1.29 is 9.59 Å². The molecule has 0 radical (unpaired) electrons. The van der Waals surface area contributed by atoms with Crippen LogP contribution in [0, 0.1) is 11.3 Å². The van der Waals surface area contributed by atoms with E-state index >= 15 is 0 Å². The lowest BCUT2D eigenvalue weighted by atomic mass is 9.81. The summed E-state index contributed by atoms with van der Waals surface area (Å²) in [7, 11) is 0. The van der Waals surface area contributed by atoms with Gasteiger partial charge >= 0.3 is 0 Å². The Morgan fingerprint density at radius 3 is 2.74 bits per heavy atom. The Hall–Kier alpha value is -2.74. The summed E-state index contributed by atoms with van der Waals surface area (Å²) < 4.78 is 1.90. The zero-order valence-corrected chi connectivity index (χ0v) is 20.9.